The quantitative estimate of drug-likeness (QED) is 0.893. The molecule has 1 atom stereocenters. The molecule has 2 N–H and O–H groups in total. The van der Waals surface area contributed by atoms with Crippen molar-refractivity contribution in [2.24, 2.45) is 5.92 Å². The second-order valence-electron chi connectivity index (χ2n) is 5.11. The molecule has 0 fully saturated rings. The monoisotopic (exact) mass is 290 g/mol. The minimum absolute atomic E-state index is 0.0176. The molecule has 1 heterocycles. The second kappa shape index (κ2) is 5.25. The number of carbonyl (C=O) groups excluding carboxylic acids is 1. The average Bonchev–Trinajstić information content (AvgIpc) is 2.90. The molecule has 0 spiro atoms. The molecule has 3 rings (SSSR count). The Bertz CT molecular complexity index is 652. The lowest BCUT2D eigenvalue weighted by molar-refractivity contribution is -0.120. The van der Waals surface area contributed by atoms with Crippen molar-refractivity contribution in [3.63, 3.8) is 0 Å². The Kier molecular flexibility index (Phi) is 3.44. The number of benzene rings is 1. The van der Waals surface area contributed by atoms with Gasteiger partial charge < -0.3 is 5.32 Å². The van der Waals surface area contributed by atoms with Gasteiger partial charge in [-0.3, -0.25) is 4.79 Å². The molecule has 0 saturated carbocycles. The zero-order chi connectivity index (χ0) is 14.1. The maximum Gasteiger partial charge on any atom is 0.227 e. The van der Waals surface area contributed by atoms with E-state index in [0.29, 0.717) is 11.4 Å². The van der Waals surface area contributed by atoms with Crippen LogP contribution in [0.2, 0.25) is 5.02 Å². The third-order valence-corrected chi connectivity index (χ3v) is 3.94. The van der Waals surface area contributed by atoms with Gasteiger partial charge in [0.05, 0.1) is 11.4 Å². The summed E-state index contributed by atoms with van der Waals surface area (Å²) in [6.07, 6.45) is 2.22. The second-order valence-corrected chi connectivity index (χ2v) is 5.54. The van der Waals surface area contributed by atoms with Gasteiger partial charge in [0.25, 0.3) is 0 Å². The van der Waals surface area contributed by atoms with Crippen LogP contribution in [0.1, 0.15) is 23.4 Å². The van der Waals surface area contributed by atoms with Crippen LogP contribution in [-0.4, -0.2) is 21.3 Å². The number of hydrogen-bond donors (Lipinski definition) is 2. The number of nitrogens with one attached hydrogen (secondary N) is 2. The molecule has 20 heavy (non-hydrogen) atoms. The summed E-state index contributed by atoms with van der Waals surface area (Å²) < 4.78 is 0. The number of rotatable bonds is 2. The van der Waals surface area contributed by atoms with E-state index >= 15 is 0 Å². The lowest BCUT2D eigenvalue weighted by Gasteiger charge is -2.20. The van der Waals surface area contributed by atoms with Gasteiger partial charge in [-0.1, -0.05) is 17.7 Å². The number of amides is 1. The maximum atomic E-state index is 12.4. The highest BCUT2D eigenvalue weighted by Crippen LogP contribution is 2.25. The standard InChI is InChI=1S/C14H15ClN4O/c1-8-2-4-10(15)7-12(8)16-14(20)9-3-5-11-13(6-9)18-19-17-11/h2,4,7,9H,3,5-6H2,1H3,(H,16,20)(H,17,18,19). The van der Waals surface area contributed by atoms with Crippen molar-refractivity contribution < 1.29 is 4.79 Å². The Labute approximate surface area is 121 Å². The molecule has 1 aromatic carbocycles. The number of H-pyrrole nitrogens is 1. The summed E-state index contributed by atoms with van der Waals surface area (Å²) >= 11 is 5.96. The van der Waals surface area contributed by atoms with Crippen LogP contribution >= 0.6 is 11.6 Å². The van der Waals surface area contributed by atoms with E-state index < -0.39 is 0 Å². The number of carbonyl (C=O) groups is 1. The number of anilines is 1. The average molecular weight is 291 g/mol. The van der Waals surface area contributed by atoms with Crippen molar-refractivity contribution in [2.45, 2.75) is 26.2 Å². The van der Waals surface area contributed by atoms with E-state index in [9.17, 15) is 4.79 Å². The summed E-state index contributed by atoms with van der Waals surface area (Å²) in [6, 6.07) is 5.49. The first kappa shape index (κ1) is 13.1. The largest absolute Gasteiger partial charge is 0.326 e. The minimum atomic E-state index is -0.0639. The molecule has 1 aliphatic carbocycles. The van der Waals surface area contributed by atoms with Crippen molar-refractivity contribution in [1.29, 1.82) is 0 Å². The van der Waals surface area contributed by atoms with E-state index in [1.54, 1.807) is 6.07 Å². The van der Waals surface area contributed by atoms with Crippen LogP contribution in [0.3, 0.4) is 0 Å². The fourth-order valence-corrected chi connectivity index (χ4v) is 2.64. The summed E-state index contributed by atoms with van der Waals surface area (Å²) in [6.45, 7) is 1.95. The van der Waals surface area contributed by atoms with Crippen LogP contribution < -0.4 is 5.32 Å². The number of halogens is 1. The Morgan fingerprint density at radius 2 is 2.20 bits per heavy atom. The Balaban J connectivity index is 1.73. The summed E-state index contributed by atoms with van der Waals surface area (Å²) in [7, 11) is 0. The lowest BCUT2D eigenvalue weighted by atomic mass is 9.89. The van der Waals surface area contributed by atoms with Crippen LogP contribution in [0.5, 0.6) is 0 Å². The molecule has 104 valence electrons. The van der Waals surface area contributed by atoms with Gasteiger partial charge in [-0.25, -0.2) is 0 Å². The van der Waals surface area contributed by atoms with Gasteiger partial charge in [0.1, 0.15) is 0 Å². The highest BCUT2D eigenvalue weighted by Gasteiger charge is 2.27. The van der Waals surface area contributed by atoms with E-state index in [0.717, 1.165) is 35.5 Å². The molecule has 1 aromatic heterocycles. The van der Waals surface area contributed by atoms with E-state index in [1.807, 2.05) is 19.1 Å². The molecule has 1 amide bonds. The number of fused-ring (bicyclic) bond motifs is 1. The molecular weight excluding hydrogens is 276 g/mol. The summed E-state index contributed by atoms with van der Waals surface area (Å²) in [5.74, 6) is -0.0463. The minimum Gasteiger partial charge on any atom is -0.326 e. The molecule has 6 heteroatoms. The van der Waals surface area contributed by atoms with Gasteiger partial charge >= 0.3 is 0 Å². The van der Waals surface area contributed by atoms with Gasteiger partial charge in [0.2, 0.25) is 5.91 Å². The molecule has 1 unspecified atom stereocenters. The predicted octanol–water partition coefficient (Wildman–Crippen LogP) is 2.51. The molecule has 5 nitrogen and oxygen atoms in total. The first-order valence-electron chi connectivity index (χ1n) is 6.59. The fraction of sp³-hybridized carbons (Fsp3) is 0.357. The van der Waals surface area contributed by atoms with Crippen molar-refractivity contribution in [1.82, 2.24) is 15.4 Å². The van der Waals surface area contributed by atoms with Crippen LogP contribution in [0, 0.1) is 12.8 Å². The van der Waals surface area contributed by atoms with Crippen LogP contribution in [0.25, 0.3) is 0 Å². The summed E-state index contributed by atoms with van der Waals surface area (Å²) in [5.41, 5.74) is 3.65. The number of hydrogen-bond acceptors (Lipinski definition) is 3. The summed E-state index contributed by atoms with van der Waals surface area (Å²) in [4.78, 5) is 12.4. The number of aryl methyl sites for hydroxylation is 2. The molecule has 1 aliphatic rings. The molecule has 0 aliphatic heterocycles. The van der Waals surface area contributed by atoms with Crippen molar-refractivity contribution in [3.8, 4) is 0 Å². The molecule has 0 bridgehead atoms. The van der Waals surface area contributed by atoms with Gasteiger partial charge in [0, 0.05) is 23.0 Å². The van der Waals surface area contributed by atoms with E-state index in [-0.39, 0.29) is 11.8 Å². The SMILES string of the molecule is Cc1ccc(Cl)cc1NC(=O)C1CCc2n[nH]nc2C1. The zero-order valence-corrected chi connectivity index (χ0v) is 11.9. The Morgan fingerprint density at radius 3 is 3.05 bits per heavy atom. The highest BCUT2D eigenvalue weighted by molar-refractivity contribution is 6.31. The zero-order valence-electron chi connectivity index (χ0n) is 11.1. The first-order chi connectivity index (χ1) is 9.63. The Morgan fingerprint density at radius 1 is 1.40 bits per heavy atom. The normalized spacial score (nSPS) is 17.6. The van der Waals surface area contributed by atoms with E-state index in [4.69, 9.17) is 11.6 Å². The third kappa shape index (κ3) is 2.54. The van der Waals surface area contributed by atoms with Gasteiger partial charge in [-0.05, 0) is 37.5 Å². The van der Waals surface area contributed by atoms with Crippen LogP contribution in [0.4, 0.5) is 5.69 Å². The number of aromatic nitrogens is 3. The van der Waals surface area contributed by atoms with Crippen molar-refractivity contribution in [2.75, 3.05) is 5.32 Å². The maximum absolute atomic E-state index is 12.4. The van der Waals surface area contributed by atoms with Gasteiger partial charge in [-0.15, -0.1) is 0 Å². The van der Waals surface area contributed by atoms with E-state index in [1.165, 1.54) is 0 Å². The molecule has 0 radical (unpaired) electrons. The first-order valence-corrected chi connectivity index (χ1v) is 6.97. The summed E-state index contributed by atoms with van der Waals surface area (Å²) in [5, 5.41) is 14.4. The lowest BCUT2D eigenvalue weighted by Crippen LogP contribution is -2.28. The van der Waals surface area contributed by atoms with Crippen LogP contribution in [0.15, 0.2) is 18.2 Å². The van der Waals surface area contributed by atoms with Gasteiger partial charge in [-0.2, -0.15) is 15.4 Å². The van der Waals surface area contributed by atoms with Gasteiger partial charge in [0.15, 0.2) is 0 Å². The molecule has 0 saturated heterocycles. The van der Waals surface area contributed by atoms with Crippen molar-refractivity contribution in [3.05, 3.63) is 40.2 Å². The third-order valence-electron chi connectivity index (χ3n) is 3.70. The predicted molar refractivity (Wildman–Crippen MR) is 76.7 cm³/mol. The number of aromatic amines is 1. The molecule has 2 aromatic rings. The Hall–Kier alpha value is -1.88. The number of nitrogens with zero attached hydrogens (tertiary/aromatic N) is 2. The highest BCUT2D eigenvalue weighted by atomic mass is 35.5. The fourth-order valence-electron chi connectivity index (χ4n) is 2.47. The van der Waals surface area contributed by atoms with Crippen LogP contribution in [-0.2, 0) is 17.6 Å². The molecular formula is C14H15ClN4O. The van der Waals surface area contributed by atoms with Crippen molar-refractivity contribution >= 4 is 23.2 Å². The smallest absolute Gasteiger partial charge is 0.227 e. The van der Waals surface area contributed by atoms with E-state index in [2.05, 4.69) is 20.7 Å². The topological polar surface area (TPSA) is 70.7 Å².